The smallest absolute Gasteiger partial charge is 0.295 e. The largest absolute Gasteiger partial charge is 0.507 e. The van der Waals surface area contributed by atoms with Gasteiger partial charge in [-0.25, -0.2) is 0 Å². The summed E-state index contributed by atoms with van der Waals surface area (Å²) in [6, 6.07) is 11.5. The maximum absolute atomic E-state index is 13.0. The molecule has 1 fully saturated rings. The Hall–Kier alpha value is -3.48. The first kappa shape index (κ1) is 25.1. The van der Waals surface area contributed by atoms with Crippen LogP contribution in [0.25, 0.3) is 5.76 Å². The van der Waals surface area contributed by atoms with Gasteiger partial charge in [0.1, 0.15) is 11.5 Å². The lowest BCUT2D eigenvalue weighted by Crippen LogP contribution is -2.30. The number of ketones is 1. The number of ether oxygens (including phenoxy) is 3. The molecule has 0 aromatic heterocycles. The number of carbonyl (C=O) groups is 2. The number of methoxy groups -OCH3 is 2. The van der Waals surface area contributed by atoms with Gasteiger partial charge in [-0.3, -0.25) is 9.59 Å². The minimum absolute atomic E-state index is 0.0577. The standard InChI is InChI=1S/C27H33NO6/c1-5-7-8-16-34-20-12-9-18(10-13-20)24-23(26(30)27(31)28(24)15-6-2)25(29)19-11-14-21(32-3)22(17-19)33-4/h9-14,17,24,29H,5-8,15-16H2,1-4H3/b25-23-. The molecule has 1 N–H and O–H groups in total. The van der Waals surface area contributed by atoms with Crippen molar-refractivity contribution in [1.29, 1.82) is 0 Å². The summed E-state index contributed by atoms with van der Waals surface area (Å²) in [5.74, 6) is 0.0707. The molecule has 7 heteroatoms. The van der Waals surface area contributed by atoms with Crippen LogP contribution in [-0.2, 0) is 9.59 Å². The van der Waals surface area contributed by atoms with E-state index >= 15 is 0 Å². The number of likely N-dealkylation sites (tertiary alicyclic amines) is 1. The highest BCUT2D eigenvalue weighted by Gasteiger charge is 2.45. The van der Waals surface area contributed by atoms with Crippen molar-refractivity contribution in [2.45, 2.75) is 45.6 Å². The minimum Gasteiger partial charge on any atom is -0.507 e. The summed E-state index contributed by atoms with van der Waals surface area (Å²) >= 11 is 0. The molecule has 1 unspecified atom stereocenters. The van der Waals surface area contributed by atoms with Crippen LogP contribution < -0.4 is 14.2 Å². The van der Waals surface area contributed by atoms with Crippen LogP contribution in [0.3, 0.4) is 0 Å². The highest BCUT2D eigenvalue weighted by molar-refractivity contribution is 6.46. The molecule has 0 spiro atoms. The third-order valence-electron chi connectivity index (χ3n) is 5.87. The number of rotatable bonds is 11. The van der Waals surface area contributed by atoms with Crippen molar-refractivity contribution >= 4 is 17.4 Å². The number of aliphatic hydroxyl groups excluding tert-OH is 1. The summed E-state index contributed by atoms with van der Waals surface area (Å²) in [6.45, 7) is 5.12. The molecule has 1 amide bonds. The molecule has 7 nitrogen and oxygen atoms in total. The highest BCUT2D eigenvalue weighted by atomic mass is 16.5. The van der Waals surface area contributed by atoms with Crippen LogP contribution in [0.15, 0.2) is 48.0 Å². The molecular formula is C27H33NO6. The van der Waals surface area contributed by atoms with Gasteiger partial charge in [0.25, 0.3) is 11.7 Å². The Morgan fingerprint density at radius 1 is 0.941 bits per heavy atom. The second-order valence-electron chi connectivity index (χ2n) is 8.19. The monoisotopic (exact) mass is 467 g/mol. The first-order valence-corrected chi connectivity index (χ1v) is 11.7. The number of Topliss-reactive ketones (excluding diaryl/α,β-unsaturated/α-hetero) is 1. The zero-order valence-corrected chi connectivity index (χ0v) is 20.3. The Morgan fingerprint density at radius 3 is 2.26 bits per heavy atom. The molecule has 1 heterocycles. The minimum atomic E-state index is -0.703. The van der Waals surface area contributed by atoms with Gasteiger partial charge in [-0.2, -0.15) is 0 Å². The Labute approximate surface area is 200 Å². The first-order chi connectivity index (χ1) is 16.5. The fourth-order valence-corrected chi connectivity index (χ4v) is 4.13. The fourth-order valence-electron chi connectivity index (χ4n) is 4.13. The van der Waals surface area contributed by atoms with Gasteiger partial charge in [-0.1, -0.05) is 38.8 Å². The Bertz CT molecular complexity index is 1040. The average Bonchev–Trinajstić information content (AvgIpc) is 3.11. The number of nitrogens with zero attached hydrogens (tertiary/aromatic N) is 1. The fraction of sp³-hybridized carbons (Fsp3) is 0.407. The predicted octanol–water partition coefficient (Wildman–Crippen LogP) is 5.10. The van der Waals surface area contributed by atoms with Gasteiger partial charge in [-0.15, -0.1) is 0 Å². The number of hydrogen-bond acceptors (Lipinski definition) is 6. The van der Waals surface area contributed by atoms with Crippen molar-refractivity contribution in [3.05, 3.63) is 59.2 Å². The normalized spacial score (nSPS) is 17.2. The lowest BCUT2D eigenvalue weighted by Gasteiger charge is -2.25. The van der Waals surface area contributed by atoms with Gasteiger partial charge in [0.15, 0.2) is 11.5 Å². The summed E-state index contributed by atoms with van der Waals surface area (Å²) in [4.78, 5) is 27.4. The number of unbranched alkanes of at least 4 members (excludes halogenated alkanes) is 2. The zero-order valence-electron chi connectivity index (χ0n) is 20.3. The molecule has 0 saturated carbocycles. The highest BCUT2D eigenvalue weighted by Crippen LogP contribution is 2.41. The number of benzene rings is 2. The molecule has 2 aromatic rings. The molecule has 1 aliphatic heterocycles. The number of hydrogen-bond donors (Lipinski definition) is 1. The summed E-state index contributed by atoms with van der Waals surface area (Å²) in [5.41, 5.74) is 1.16. The Balaban J connectivity index is 2.01. The predicted molar refractivity (Wildman–Crippen MR) is 130 cm³/mol. The van der Waals surface area contributed by atoms with Crippen molar-refractivity contribution in [2.24, 2.45) is 0 Å². The van der Waals surface area contributed by atoms with Gasteiger partial charge in [-0.05, 0) is 48.7 Å². The molecule has 182 valence electrons. The maximum Gasteiger partial charge on any atom is 0.295 e. The Morgan fingerprint density at radius 2 is 1.65 bits per heavy atom. The van der Waals surface area contributed by atoms with E-state index < -0.39 is 17.7 Å². The van der Waals surface area contributed by atoms with E-state index in [1.165, 1.54) is 19.1 Å². The van der Waals surface area contributed by atoms with Gasteiger partial charge in [0.2, 0.25) is 0 Å². The number of amides is 1. The molecule has 0 bridgehead atoms. The van der Waals surface area contributed by atoms with E-state index in [1.807, 2.05) is 31.2 Å². The summed E-state index contributed by atoms with van der Waals surface area (Å²) in [7, 11) is 3.01. The molecular weight excluding hydrogens is 434 g/mol. The van der Waals surface area contributed by atoms with Crippen LogP contribution in [0.5, 0.6) is 17.2 Å². The maximum atomic E-state index is 13.0. The van der Waals surface area contributed by atoms with Gasteiger partial charge < -0.3 is 24.2 Å². The molecule has 34 heavy (non-hydrogen) atoms. The van der Waals surface area contributed by atoms with E-state index in [9.17, 15) is 14.7 Å². The summed E-state index contributed by atoms with van der Waals surface area (Å²) < 4.78 is 16.4. The van der Waals surface area contributed by atoms with Gasteiger partial charge in [0.05, 0.1) is 32.4 Å². The molecule has 0 radical (unpaired) electrons. The third kappa shape index (κ3) is 5.19. The Kier molecular flexibility index (Phi) is 8.57. The van der Waals surface area contributed by atoms with E-state index in [1.54, 1.807) is 18.2 Å². The molecule has 3 rings (SSSR count). The molecule has 2 aromatic carbocycles. The van der Waals surface area contributed by atoms with Crippen molar-refractivity contribution in [3.63, 3.8) is 0 Å². The van der Waals surface area contributed by atoms with Gasteiger partial charge >= 0.3 is 0 Å². The van der Waals surface area contributed by atoms with E-state index in [4.69, 9.17) is 14.2 Å². The topological polar surface area (TPSA) is 85.3 Å². The third-order valence-corrected chi connectivity index (χ3v) is 5.87. The number of carbonyl (C=O) groups excluding carboxylic acids is 2. The lowest BCUT2D eigenvalue weighted by atomic mass is 9.95. The summed E-state index contributed by atoms with van der Waals surface area (Å²) in [6.07, 6.45) is 3.90. The molecule has 1 atom stereocenters. The molecule has 0 aliphatic carbocycles. The second-order valence-corrected chi connectivity index (χ2v) is 8.19. The van der Waals surface area contributed by atoms with Crippen molar-refractivity contribution < 1.29 is 28.9 Å². The van der Waals surface area contributed by atoms with Crippen molar-refractivity contribution in [3.8, 4) is 17.2 Å². The van der Waals surface area contributed by atoms with E-state index in [0.717, 1.165) is 30.6 Å². The second kappa shape index (κ2) is 11.6. The first-order valence-electron chi connectivity index (χ1n) is 11.7. The van der Waals surface area contributed by atoms with E-state index in [0.29, 0.717) is 36.6 Å². The van der Waals surface area contributed by atoms with Crippen LogP contribution in [0, 0.1) is 0 Å². The average molecular weight is 468 g/mol. The van der Waals surface area contributed by atoms with E-state index in [-0.39, 0.29) is 11.3 Å². The summed E-state index contributed by atoms with van der Waals surface area (Å²) in [5, 5.41) is 11.2. The van der Waals surface area contributed by atoms with Gasteiger partial charge in [0, 0.05) is 12.1 Å². The SMILES string of the molecule is CCCCCOc1ccc(C2/C(=C(/O)c3ccc(OC)c(OC)c3)C(=O)C(=O)N2CCC)cc1. The van der Waals surface area contributed by atoms with Crippen LogP contribution in [0.4, 0.5) is 0 Å². The van der Waals surface area contributed by atoms with Crippen LogP contribution in [-0.4, -0.2) is 49.1 Å². The molecule has 1 saturated heterocycles. The quantitative estimate of drug-likeness (QED) is 0.214. The molecule has 1 aliphatic rings. The van der Waals surface area contributed by atoms with Crippen molar-refractivity contribution in [1.82, 2.24) is 4.90 Å². The van der Waals surface area contributed by atoms with E-state index in [2.05, 4.69) is 6.92 Å². The van der Waals surface area contributed by atoms with Crippen LogP contribution >= 0.6 is 0 Å². The van der Waals surface area contributed by atoms with Crippen LogP contribution in [0.2, 0.25) is 0 Å². The lowest BCUT2D eigenvalue weighted by molar-refractivity contribution is -0.139. The number of aliphatic hydroxyl groups is 1. The van der Waals surface area contributed by atoms with Crippen molar-refractivity contribution in [2.75, 3.05) is 27.4 Å². The zero-order chi connectivity index (χ0) is 24.7. The van der Waals surface area contributed by atoms with Crippen LogP contribution in [0.1, 0.15) is 56.7 Å².